The molecule has 0 aliphatic carbocycles. The molecule has 2 heterocycles. The van der Waals surface area contributed by atoms with Gasteiger partial charge in [0, 0.05) is 12.8 Å². The van der Waals surface area contributed by atoms with E-state index < -0.39 is 22.0 Å². The van der Waals surface area contributed by atoms with Gasteiger partial charge >= 0.3 is 5.97 Å². The fourth-order valence-corrected chi connectivity index (χ4v) is 3.95. The molecule has 31 heavy (non-hydrogen) atoms. The molecule has 0 bridgehead atoms. The van der Waals surface area contributed by atoms with Crippen molar-refractivity contribution in [1.82, 2.24) is 4.98 Å². The van der Waals surface area contributed by atoms with Gasteiger partial charge in [-0.25, -0.2) is 9.78 Å². The highest BCUT2D eigenvalue weighted by Gasteiger charge is 2.33. The lowest BCUT2D eigenvalue weighted by Crippen LogP contribution is -2.34. The van der Waals surface area contributed by atoms with Crippen LogP contribution in [0.4, 0.5) is 0 Å². The largest absolute Gasteiger partial charge is 0.507 e. The number of cyclic esters (lactones) is 1. The quantitative estimate of drug-likeness (QED) is 0.373. The molecule has 166 valence electrons. The Hall–Kier alpha value is -2.83. The maximum Gasteiger partial charge on any atom is 0.342 e. The van der Waals surface area contributed by atoms with Crippen molar-refractivity contribution in [3.63, 3.8) is 0 Å². The van der Waals surface area contributed by atoms with E-state index in [4.69, 9.17) is 19.8 Å². The van der Waals surface area contributed by atoms with Gasteiger partial charge < -0.3 is 14.3 Å². The van der Waals surface area contributed by atoms with Crippen molar-refractivity contribution in [2.45, 2.75) is 45.1 Å². The lowest BCUT2D eigenvalue weighted by molar-refractivity contribution is 0.0107. The summed E-state index contributed by atoms with van der Waals surface area (Å²) in [6.45, 7) is 3.52. The number of fused-ring (bicyclic) bond motifs is 1. The van der Waals surface area contributed by atoms with Crippen LogP contribution in [0.5, 0.6) is 5.75 Å². The minimum Gasteiger partial charge on any atom is -0.507 e. The zero-order valence-corrected chi connectivity index (χ0v) is 18.4. The maximum absolute atomic E-state index is 12.4. The Morgan fingerprint density at radius 2 is 2.16 bits per heavy atom. The van der Waals surface area contributed by atoms with Crippen LogP contribution in [0.15, 0.2) is 22.8 Å². The first-order valence-electron chi connectivity index (χ1n) is 9.83. The number of carbonyl (C=O) groups is 1. The highest BCUT2D eigenvalue weighted by Crippen LogP contribution is 2.33. The van der Waals surface area contributed by atoms with Gasteiger partial charge in [0.1, 0.15) is 23.7 Å². The molecule has 9 heteroatoms. The first-order valence-corrected chi connectivity index (χ1v) is 11.6. The molecule has 8 nitrogen and oxygen atoms in total. The van der Waals surface area contributed by atoms with E-state index in [9.17, 15) is 18.3 Å². The number of oxazole rings is 1. The van der Waals surface area contributed by atoms with Gasteiger partial charge in [0.15, 0.2) is 0 Å². The molecule has 3 atom stereocenters. The van der Waals surface area contributed by atoms with Crippen molar-refractivity contribution in [3.8, 4) is 18.1 Å². The van der Waals surface area contributed by atoms with Gasteiger partial charge in [0.05, 0.1) is 24.5 Å². The molecule has 1 aromatic heterocycles. The Balaban J connectivity index is 1.69. The number of benzene rings is 1. The number of carbonyl (C=O) groups excluding carboxylic acids is 1. The second kappa shape index (κ2) is 9.12. The molecule has 0 saturated carbocycles. The summed E-state index contributed by atoms with van der Waals surface area (Å²) in [5.74, 6) is 1.64. The van der Waals surface area contributed by atoms with E-state index in [2.05, 4.69) is 10.9 Å². The van der Waals surface area contributed by atoms with E-state index in [-0.39, 0.29) is 36.4 Å². The first kappa shape index (κ1) is 22.8. The third-order valence-corrected chi connectivity index (χ3v) is 5.85. The average molecular weight is 448 g/mol. The Morgan fingerprint density at radius 3 is 2.84 bits per heavy atom. The normalized spacial score (nSPS) is 18.0. The molecule has 1 aliphatic rings. The van der Waals surface area contributed by atoms with Gasteiger partial charge in [-0.05, 0) is 30.4 Å². The number of rotatable bonds is 8. The average Bonchev–Trinajstić information content (AvgIpc) is 3.15. The van der Waals surface area contributed by atoms with Crippen LogP contribution >= 0.6 is 0 Å². The minimum atomic E-state index is -3.61. The molecule has 0 radical (unpaired) electrons. The molecular weight excluding hydrogens is 422 g/mol. The number of aromatic hydroxyl groups is 1. The molecule has 2 aromatic rings. The molecule has 3 rings (SSSR count). The summed E-state index contributed by atoms with van der Waals surface area (Å²) in [6, 6.07) is 3.62. The fourth-order valence-electron chi connectivity index (χ4n) is 3.54. The van der Waals surface area contributed by atoms with Gasteiger partial charge in [-0.3, -0.25) is 4.18 Å². The number of hydrogen-bond donors (Lipinski definition) is 1. The van der Waals surface area contributed by atoms with Crippen LogP contribution in [0.25, 0.3) is 0 Å². The Bertz CT molecular complexity index is 1110. The van der Waals surface area contributed by atoms with Crippen molar-refractivity contribution >= 4 is 16.1 Å². The number of esters is 1. The standard InChI is InChI=1S/C22H25NO7S/c1-5-6-16(11-29-31(4,26)27)21-23-17(12-28-21)9-14(3)18-10-15-8-7-13(2)20(24)19(15)22(25)30-18/h1,7-8,12,14,16,18,24H,6,9-11H2,2-4H3/t14-,16?,18+/m0/s1. The SMILES string of the molecule is C#CCC(COS(C)(=O)=O)c1nc(C[C@H](C)[C@H]2Cc3ccc(C)c(O)c3C(=O)O2)co1. The smallest absolute Gasteiger partial charge is 0.342 e. The number of hydrogen-bond acceptors (Lipinski definition) is 8. The summed E-state index contributed by atoms with van der Waals surface area (Å²) in [5, 5.41) is 10.2. The Labute approximate surface area is 181 Å². The summed E-state index contributed by atoms with van der Waals surface area (Å²) in [4.78, 5) is 16.9. The summed E-state index contributed by atoms with van der Waals surface area (Å²) >= 11 is 0. The van der Waals surface area contributed by atoms with E-state index in [1.54, 1.807) is 13.0 Å². The highest BCUT2D eigenvalue weighted by atomic mass is 32.2. The predicted molar refractivity (Wildman–Crippen MR) is 112 cm³/mol. The molecule has 1 aliphatic heterocycles. The fraction of sp³-hybridized carbons (Fsp3) is 0.455. The lowest BCUT2D eigenvalue weighted by Gasteiger charge is -2.29. The second-order valence-electron chi connectivity index (χ2n) is 7.87. The number of phenols is 1. The van der Waals surface area contributed by atoms with Crippen LogP contribution < -0.4 is 0 Å². The van der Waals surface area contributed by atoms with Gasteiger partial charge in [-0.15, -0.1) is 12.3 Å². The monoisotopic (exact) mass is 447 g/mol. The van der Waals surface area contributed by atoms with Crippen molar-refractivity contribution in [1.29, 1.82) is 0 Å². The number of aromatic nitrogens is 1. The molecule has 0 amide bonds. The summed E-state index contributed by atoms with van der Waals surface area (Å²) < 4.78 is 38.5. The molecule has 1 aromatic carbocycles. The van der Waals surface area contributed by atoms with Gasteiger partial charge in [-0.2, -0.15) is 8.42 Å². The van der Waals surface area contributed by atoms with E-state index in [0.717, 1.165) is 11.8 Å². The maximum atomic E-state index is 12.4. The van der Waals surface area contributed by atoms with Crippen molar-refractivity contribution in [2.75, 3.05) is 12.9 Å². The van der Waals surface area contributed by atoms with E-state index in [0.29, 0.717) is 30.0 Å². The Morgan fingerprint density at radius 1 is 1.42 bits per heavy atom. The van der Waals surface area contributed by atoms with Crippen molar-refractivity contribution in [2.24, 2.45) is 5.92 Å². The third-order valence-electron chi connectivity index (χ3n) is 5.28. The van der Waals surface area contributed by atoms with Crippen LogP contribution in [-0.4, -0.2) is 43.4 Å². The van der Waals surface area contributed by atoms with E-state index >= 15 is 0 Å². The number of ether oxygens (including phenoxy) is 1. The Kier molecular flexibility index (Phi) is 6.72. The van der Waals surface area contributed by atoms with Crippen LogP contribution in [-0.2, 0) is 31.9 Å². The van der Waals surface area contributed by atoms with Crippen molar-refractivity contribution < 1.29 is 31.7 Å². The lowest BCUT2D eigenvalue weighted by atomic mass is 9.88. The van der Waals surface area contributed by atoms with E-state index in [1.807, 2.05) is 13.0 Å². The molecule has 0 fully saturated rings. The van der Waals surface area contributed by atoms with Crippen LogP contribution in [0.2, 0.25) is 0 Å². The van der Waals surface area contributed by atoms with Gasteiger partial charge in [0.25, 0.3) is 10.1 Å². The van der Waals surface area contributed by atoms with Crippen LogP contribution in [0.1, 0.15) is 52.3 Å². The zero-order chi connectivity index (χ0) is 22.8. The third kappa shape index (κ3) is 5.46. The van der Waals surface area contributed by atoms with Crippen LogP contribution in [0, 0.1) is 25.2 Å². The minimum absolute atomic E-state index is 0.0365. The van der Waals surface area contributed by atoms with Crippen LogP contribution in [0.3, 0.4) is 0 Å². The number of phenolic OH excluding ortho intramolecular Hbond substituents is 1. The second-order valence-corrected chi connectivity index (χ2v) is 9.51. The molecule has 0 saturated heterocycles. The molecule has 1 unspecified atom stereocenters. The first-order chi connectivity index (χ1) is 14.6. The summed E-state index contributed by atoms with van der Waals surface area (Å²) in [7, 11) is -3.61. The van der Waals surface area contributed by atoms with E-state index in [1.165, 1.54) is 6.26 Å². The number of nitrogens with zero attached hydrogens (tertiary/aromatic N) is 1. The topological polar surface area (TPSA) is 116 Å². The summed E-state index contributed by atoms with van der Waals surface area (Å²) in [5.41, 5.74) is 2.25. The van der Waals surface area contributed by atoms with Crippen molar-refractivity contribution in [3.05, 3.63) is 46.7 Å². The number of aryl methyl sites for hydroxylation is 1. The summed E-state index contributed by atoms with van der Waals surface area (Å²) in [6.07, 6.45) is 8.63. The molecular formula is C22H25NO7S. The predicted octanol–water partition coefficient (Wildman–Crippen LogP) is 2.73. The zero-order valence-electron chi connectivity index (χ0n) is 17.6. The molecule has 1 N–H and O–H groups in total. The van der Waals surface area contributed by atoms with Gasteiger partial charge in [0.2, 0.25) is 5.89 Å². The van der Waals surface area contributed by atoms with Gasteiger partial charge in [-0.1, -0.05) is 19.1 Å². The molecule has 0 spiro atoms. The number of terminal acetylenes is 1. The highest BCUT2D eigenvalue weighted by molar-refractivity contribution is 7.85.